The van der Waals surface area contributed by atoms with Crippen LogP contribution in [0.3, 0.4) is 0 Å². The van der Waals surface area contributed by atoms with Crippen molar-refractivity contribution < 1.29 is 4.79 Å². The Kier molecular flexibility index (Phi) is 5.45. The molecule has 1 saturated heterocycles. The minimum atomic E-state index is -0.0628. The van der Waals surface area contributed by atoms with E-state index in [1.807, 2.05) is 44.2 Å². The number of amidine groups is 1. The number of nitrogens with zero attached hydrogens (tertiary/aromatic N) is 4. The second-order valence-electron chi connectivity index (χ2n) is 5.40. The highest BCUT2D eigenvalue weighted by atomic mass is 32.2. The Morgan fingerprint density at radius 2 is 2.12 bits per heavy atom. The molecule has 1 aromatic carbocycles. The van der Waals surface area contributed by atoms with Crippen molar-refractivity contribution in [1.82, 2.24) is 15.1 Å². The fourth-order valence-electron chi connectivity index (χ4n) is 2.29. The summed E-state index contributed by atoms with van der Waals surface area (Å²) in [7, 11) is 0. The number of carbonyl (C=O) groups is 1. The lowest BCUT2D eigenvalue weighted by molar-refractivity contribution is -0.121. The Morgan fingerprint density at radius 3 is 2.80 bits per heavy atom. The number of hydrogen-bond donors (Lipinski definition) is 0. The van der Waals surface area contributed by atoms with Gasteiger partial charge >= 0.3 is 0 Å². The van der Waals surface area contributed by atoms with Gasteiger partial charge in [0.1, 0.15) is 5.01 Å². The highest BCUT2D eigenvalue weighted by Crippen LogP contribution is 2.35. The molecule has 2 heterocycles. The molecular formula is C18H18N4OS2. The number of thioether (sulfide) groups is 1. The normalized spacial score (nSPS) is 17.7. The van der Waals surface area contributed by atoms with E-state index in [2.05, 4.69) is 21.8 Å². The highest BCUT2D eigenvalue weighted by molar-refractivity contribution is 8.18. The van der Waals surface area contributed by atoms with Crippen LogP contribution >= 0.6 is 23.1 Å². The Labute approximate surface area is 155 Å². The van der Waals surface area contributed by atoms with Gasteiger partial charge < -0.3 is 0 Å². The van der Waals surface area contributed by atoms with Crippen LogP contribution in [0.15, 0.2) is 46.8 Å². The number of aromatic nitrogens is 2. The monoisotopic (exact) mass is 370 g/mol. The first-order valence-electron chi connectivity index (χ1n) is 7.91. The summed E-state index contributed by atoms with van der Waals surface area (Å²) in [4.78, 5) is 19.5. The van der Waals surface area contributed by atoms with Crippen LogP contribution < -0.4 is 0 Å². The van der Waals surface area contributed by atoms with Crippen LogP contribution in [0, 0.1) is 6.92 Å². The number of aryl methyl sites for hydroxylation is 2. The van der Waals surface area contributed by atoms with Crippen molar-refractivity contribution in [3.05, 3.63) is 58.0 Å². The van der Waals surface area contributed by atoms with E-state index < -0.39 is 0 Å². The van der Waals surface area contributed by atoms with Crippen LogP contribution in [0.25, 0.3) is 6.08 Å². The summed E-state index contributed by atoms with van der Waals surface area (Å²) < 4.78 is 0. The molecule has 0 N–H and O–H groups in total. The maximum atomic E-state index is 12.7. The lowest BCUT2D eigenvalue weighted by Gasteiger charge is -2.11. The van der Waals surface area contributed by atoms with E-state index in [9.17, 15) is 4.79 Å². The molecule has 0 radical (unpaired) electrons. The molecule has 0 unspecified atom stereocenters. The number of aliphatic imine (C=N–C) groups is 1. The second kappa shape index (κ2) is 7.76. The van der Waals surface area contributed by atoms with Crippen molar-refractivity contribution in [2.75, 3.05) is 6.54 Å². The van der Waals surface area contributed by atoms with Crippen molar-refractivity contribution >= 4 is 45.4 Å². The van der Waals surface area contributed by atoms with E-state index in [0.717, 1.165) is 22.6 Å². The molecule has 25 heavy (non-hydrogen) atoms. The van der Waals surface area contributed by atoms with Gasteiger partial charge in [-0.1, -0.05) is 48.6 Å². The van der Waals surface area contributed by atoms with Gasteiger partial charge in [-0.2, -0.15) is 4.99 Å². The van der Waals surface area contributed by atoms with Crippen LogP contribution in [0.4, 0.5) is 5.13 Å². The first-order valence-corrected chi connectivity index (χ1v) is 9.54. The van der Waals surface area contributed by atoms with Gasteiger partial charge in [0.05, 0.1) is 4.91 Å². The highest BCUT2D eigenvalue weighted by Gasteiger charge is 2.33. The average Bonchev–Trinajstić information content (AvgIpc) is 3.17. The van der Waals surface area contributed by atoms with E-state index in [1.54, 1.807) is 11.0 Å². The van der Waals surface area contributed by atoms with Gasteiger partial charge in [0.25, 0.3) is 5.91 Å². The quantitative estimate of drug-likeness (QED) is 0.585. The van der Waals surface area contributed by atoms with Gasteiger partial charge in [0.2, 0.25) is 5.13 Å². The maximum Gasteiger partial charge on any atom is 0.267 e. The lowest BCUT2D eigenvalue weighted by atomic mass is 10.1. The predicted octanol–water partition coefficient (Wildman–Crippen LogP) is 4.20. The van der Waals surface area contributed by atoms with Crippen molar-refractivity contribution in [3.8, 4) is 0 Å². The number of benzene rings is 1. The van der Waals surface area contributed by atoms with Crippen molar-refractivity contribution in [2.45, 2.75) is 20.3 Å². The molecule has 7 heteroatoms. The largest absolute Gasteiger partial charge is 0.282 e. The van der Waals surface area contributed by atoms with Gasteiger partial charge in [0.15, 0.2) is 5.17 Å². The van der Waals surface area contributed by atoms with Crippen molar-refractivity contribution in [1.29, 1.82) is 0 Å². The molecule has 1 fully saturated rings. The zero-order valence-corrected chi connectivity index (χ0v) is 15.7. The molecule has 5 nitrogen and oxygen atoms in total. The number of carbonyl (C=O) groups excluding carboxylic acids is 1. The summed E-state index contributed by atoms with van der Waals surface area (Å²) in [5.74, 6) is -0.0628. The Morgan fingerprint density at radius 1 is 1.32 bits per heavy atom. The third-order valence-corrected chi connectivity index (χ3v) is 5.59. The number of amides is 1. The fourth-order valence-corrected chi connectivity index (χ4v) is 3.97. The second-order valence-corrected chi connectivity index (χ2v) is 7.45. The number of hydrogen-bond acceptors (Lipinski definition) is 6. The topological polar surface area (TPSA) is 58.5 Å². The maximum absolute atomic E-state index is 12.7. The van der Waals surface area contributed by atoms with Gasteiger partial charge in [0, 0.05) is 6.54 Å². The summed E-state index contributed by atoms with van der Waals surface area (Å²) in [6, 6.07) is 7.98. The standard InChI is InChI=1S/C18H18N4OS2/c1-4-10-22-16(23)14(11-13-9-7-6-8-12(13)3)24-18(22)19-17-21-20-15(5-2)25-17/h4,6-9,11H,1,5,10H2,2-3H3/b14-11+,19-18?. The predicted molar refractivity (Wildman–Crippen MR) is 105 cm³/mol. The SMILES string of the molecule is C=CCN1C(=O)/C(=C\c2ccccc2C)SC1=Nc1nnc(CC)s1. The Hall–Kier alpha value is -2.25. The molecule has 128 valence electrons. The molecule has 1 aliphatic heterocycles. The van der Waals surface area contributed by atoms with Crippen LogP contribution in [0.5, 0.6) is 0 Å². The minimum Gasteiger partial charge on any atom is -0.282 e. The molecule has 3 rings (SSSR count). The Balaban J connectivity index is 1.95. The number of rotatable bonds is 5. The minimum absolute atomic E-state index is 0.0628. The zero-order chi connectivity index (χ0) is 17.8. The first kappa shape index (κ1) is 17.6. The van der Waals surface area contributed by atoms with E-state index >= 15 is 0 Å². The molecule has 1 aliphatic rings. The third-order valence-electron chi connectivity index (χ3n) is 3.62. The fraction of sp³-hybridized carbons (Fsp3) is 0.222. The molecule has 1 amide bonds. The van der Waals surface area contributed by atoms with Crippen LogP contribution in [0.1, 0.15) is 23.1 Å². The van der Waals surface area contributed by atoms with E-state index in [-0.39, 0.29) is 5.91 Å². The first-order chi connectivity index (χ1) is 12.1. The lowest BCUT2D eigenvalue weighted by Crippen LogP contribution is -2.29. The summed E-state index contributed by atoms with van der Waals surface area (Å²) in [5, 5.41) is 10.3. The molecule has 0 aliphatic carbocycles. The Bertz CT molecular complexity index is 869. The smallest absolute Gasteiger partial charge is 0.267 e. The van der Waals surface area contributed by atoms with E-state index in [1.165, 1.54) is 23.1 Å². The van der Waals surface area contributed by atoms with Gasteiger partial charge in [-0.3, -0.25) is 9.69 Å². The van der Waals surface area contributed by atoms with Crippen LogP contribution in [0.2, 0.25) is 0 Å². The summed E-state index contributed by atoms with van der Waals surface area (Å²) in [5.41, 5.74) is 2.16. The zero-order valence-electron chi connectivity index (χ0n) is 14.1. The van der Waals surface area contributed by atoms with Crippen molar-refractivity contribution in [3.63, 3.8) is 0 Å². The molecule has 2 aromatic rings. The molecular weight excluding hydrogens is 352 g/mol. The van der Waals surface area contributed by atoms with Crippen LogP contribution in [-0.4, -0.2) is 32.7 Å². The average molecular weight is 371 g/mol. The molecule has 1 aromatic heterocycles. The molecule has 0 bridgehead atoms. The van der Waals surface area contributed by atoms with Gasteiger partial charge in [-0.05, 0) is 42.3 Å². The van der Waals surface area contributed by atoms with Crippen LogP contribution in [-0.2, 0) is 11.2 Å². The molecule has 0 saturated carbocycles. The summed E-state index contributed by atoms with van der Waals surface area (Å²) in [6.45, 7) is 8.20. The van der Waals surface area contributed by atoms with E-state index in [4.69, 9.17) is 0 Å². The third kappa shape index (κ3) is 3.88. The summed E-state index contributed by atoms with van der Waals surface area (Å²) >= 11 is 2.80. The van der Waals surface area contributed by atoms with E-state index in [0.29, 0.717) is 21.7 Å². The summed E-state index contributed by atoms with van der Waals surface area (Å²) in [6.07, 6.45) is 4.43. The molecule has 0 spiro atoms. The van der Waals surface area contributed by atoms with Crippen molar-refractivity contribution in [2.24, 2.45) is 4.99 Å². The van der Waals surface area contributed by atoms with Gasteiger partial charge in [-0.25, -0.2) is 0 Å². The van der Waals surface area contributed by atoms with Gasteiger partial charge in [-0.15, -0.1) is 16.8 Å². The molecule has 0 atom stereocenters.